The van der Waals surface area contributed by atoms with Crippen molar-refractivity contribution < 1.29 is 4.74 Å². The number of ether oxygens (including phenoxy) is 1. The summed E-state index contributed by atoms with van der Waals surface area (Å²) >= 11 is 12.2. The van der Waals surface area contributed by atoms with Crippen LogP contribution in [-0.4, -0.2) is 38.3 Å². The first kappa shape index (κ1) is 13.7. The smallest absolute Gasteiger partial charge is 0.149 e. The third-order valence-electron chi connectivity index (χ3n) is 3.01. The summed E-state index contributed by atoms with van der Waals surface area (Å²) in [5.74, 6) is 1.36. The minimum atomic E-state index is 0.265. The van der Waals surface area contributed by atoms with Crippen LogP contribution < -0.4 is 10.2 Å². The number of hydrogen-bond acceptors (Lipinski definition) is 4. The Morgan fingerprint density at radius 2 is 2.28 bits per heavy atom. The van der Waals surface area contributed by atoms with Crippen LogP contribution in [-0.2, 0) is 4.74 Å². The monoisotopic (exact) mass is 289 g/mol. The van der Waals surface area contributed by atoms with Crippen LogP contribution in [0.15, 0.2) is 6.07 Å². The van der Waals surface area contributed by atoms with Crippen molar-refractivity contribution in [1.82, 2.24) is 4.98 Å². The molecule has 4 nitrogen and oxygen atoms in total. The molecule has 1 aliphatic heterocycles. The highest BCUT2D eigenvalue weighted by Crippen LogP contribution is 2.31. The fraction of sp³-hybridized carbons (Fsp3) is 0.583. The largest absolute Gasteiger partial charge is 0.376 e. The highest BCUT2D eigenvalue weighted by Gasteiger charge is 2.20. The van der Waals surface area contributed by atoms with E-state index in [0.29, 0.717) is 15.9 Å². The number of hydrogen-bond donors (Lipinski definition) is 1. The van der Waals surface area contributed by atoms with E-state index in [0.717, 1.165) is 31.8 Å². The molecule has 1 aromatic heterocycles. The highest BCUT2D eigenvalue weighted by atomic mass is 35.5. The van der Waals surface area contributed by atoms with Crippen LogP contribution in [0.2, 0.25) is 10.0 Å². The molecule has 2 rings (SSSR count). The summed E-state index contributed by atoms with van der Waals surface area (Å²) < 4.78 is 5.61. The van der Waals surface area contributed by atoms with E-state index >= 15 is 0 Å². The molecule has 0 bridgehead atoms. The van der Waals surface area contributed by atoms with E-state index in [1.807, 2.05) is 11.9 Å². The Kier molecular flexibility index (Phi) is 4.54. The summed E-state index contributed by atoms with van der Waals surface area (Å²) in [4.78, 5) is 6.44. The lowest BCUT2D eigenvalue weighted by Gasteiger charge is -2.23. The summed E-state index contributed by atoms with van der Waals surface area (Å²) in [5, 5.41) is 4.03. The standard InChI is InChI=1S/C12H17Cl2N3O/c1-15-11-9(13)6-10(14)12(16-11)17(2)7-8-4-3-5-18-8/h6,8H,3-5,7H2,1-2H3,(H,15,16). The summed E-state index contributed by atoms with van der Waals surface area (Å²) in [7, 11) is 3.75. The van der Waals surface area contributed by atoms with Crippen molar-refractivity contribution in [2.24, 2.45) is 0 Å². The Balaban J connectivity index is 2.15. The molecular formula is C12H17Cl2N3O. The van der Waals surface area contributed by atoms with E-state index in [1.54, 1.807) is 13.1 Å². The molecule has 1 fully saturated rings. The van der Waals surface area contributed by atoms with E-state index in [1.165, 1.54) is 0 Å². The van der Waals surface area contributed by atoms with Gasteiger partial charge in [-0.05, 0) is 18.9 Å². The summed E-state index contributed by atoms with van der Waals surface area (Å²) in [6.07, 6.45) is 2.48. The van der Waals surface area contributed by atoms with Gasteiger partial charge in [0, 0.05) is 27.2 Å². The van der Waals surface area contributed by atoms with E-state index in [4.69, 9.17) is 27.9 Å². The fourth-order valence-corrected chi connectivity index (χ4v) is 2.68. The summed E-state index contributed by atoms with van der Waals surface area (Å²) in [6, 6.07) is 1.71. The maximum absolute atomic E-state index is 6.18. The molecule has 1 aliphatic rings. The predicted molar refractivity (Wildman–Crippen MR) is 76.0 cm³/mol. The number of nitrogens with zero attached hydrogens (tertiary/aromatic N) is 2. The van der Waals surface area contributed by atoms with Crippen molar-refractivity contribution in [3.8, 4) is 0 Å². The van der Waals surface area contributed by atoms with Gasteiger partial charge in [0.05, 0.1) is 16.1 Å². The molecule has 6 heteroatoms. The molecule has 100 valence electrons. The van der Waals surface area contributed by atoms with Crippen molar-refractivity contribution >= 4 is 34.8 Å². The second-order valence-corrected chi connectivity index (χ2v) is 5.20. The molecule has 0 radical (unpaired) electrons. The van der Waals surface area contributed by atoms with Crippen molar-refractivity contribution in [3.05, 3.63) is 16.1 Å². The molecule has 2 heterocycles. The molecule has 0 spiro atoms. The van der Waals surface area contributed by atoms with Gasteiger partial charge in [0.15, 0.2) is 0 Å². The molecule has 1 saturated heterocycles. The zero-order valence-corrected chi connectivity index (χ0v) is 12.1. The number of anilines is 2. The van der Waals surface area contributed by atoms with Crippen LogP contribution in [0.4, 0.5) is 11.6 Å². The molecule has 0 amide bonds. The van der Waals surface area contributed by atoms with Crippen LogP contribution in [0.3, 0.4) is 0 Å². The Hall–Kier alpha value is -0.710. The van der Waals surface area contributed by atoms with E-state index in [2.05, 4.69) is 10.3 Å². The lowest BCUT2D eigenvalue weighted by molar-refractivity contribution is 0.116. The molecule has 0 aromatic carbocycles. The number of aromatic nitrogens is 1. The lowest BCUT2D eigenvalue weighted by atomic mass is 10.2. The van der Waals surface area contributed by atoms with Crippen molar-refractivity contribution in [1.29, 1.82) is 0 Å². The van der Waals surface area contributed by atoms with E-state index in [9.17, 15) is 0 Å². The zero-order valence-electron chi connectivity index (χ0n) is 10.5. The summed E-state index contributed by atoms with van der Waals surface area (Å²) in [5.41, 5.74) is 0. The number of nitrogens with one attached hydrogen (secondary N) is 1. The van der Waals surface area contributed by atoms with E-state index < -0.39 is 0 Å². The minimum absolute atomic E-state index is 0.265. The minimum Gasteiger partial charge on any atom is -0.376 e. The molecule has 1 unspecified atom stereocenters. The van der Waals surface area contributed by atoms with Crippen molar-refractivity contribution in [2.75, 3.05) is 37.5 Å². The van der Waals surface area contributed by atoms with Gasteiger partial charge in [0.25, 0.3) is 0 Å². The molecule has 1 atom stereocenters. The first-order valence-corrected chi connectivity index (χ1v) is 6.74. The maximum atomic E-state index is 6.18. The molecule has 0 aliphatic carbocycles. The topological polar surface area (TPSA) is 37.4 Å². The van der Waals surface area contributed by atoms with Crippen LogP contribution in [0.1, 0.15) is 12.8 Å². The third-order valence-corrected chi connectivity index (χ3v) is 3.58. The fourth-order valence-electron chi connectivity index (χ4n) is 2.08. The normalized spacial score (nSPS) is 19.0. The molecule has 1 N–H and O–H groups in total. The van der Waals surface area contributed by atoms with Gasteiger partial charge in [-0.1, -0.05) is 23.2 Å². The second kappa shape index (κ2) is 5.95. The van der Waals surface area contributed by atoms with E-state index in [-0.39, 0.29) is 6.10 Å². The third kappa shape index (κ3) is 2.99. The Labute approximate surface area is 117 Å². The van der Waals surface area contributed by atoms with Gasteiger partial charge in [-0.3, -0.25) is 0 Å². The van der Waals surface area contributed by atoms with Crippen molar-refractivity contribution in [2.45, 2.75) is 18.9 Å². The Morgan fingerprint density at radius 3 is 2.89 bits per heavy atom. The van der Waals surface area contributed by atoms with Crippen LogP contribution in [0, 0.1) is 0 Å². The molecule has 0 saturated carbocycles. The zero-order chi connectivity index (χ0) is 13.1. The van der Waals surface area contributed by atoms with Gasteiger partial charge in [-0.15, -0.1) is 0 Å². The number of pyridine rings is 1. The van der Waals surface area contributed by atoms with Gasteiger partial charge in [0.1, 0.15) is 11.6 Å². The highest BCUT2D eigenvalue weighted by molar-refractivity contribution is 6.37. The lowest BCUT2D eigenvalue weighted by Crippen LogP contribution is -2.29. The quantitative estimate of drug-likeness (QED) is 0.925. The van der Waals surface area contributed by atoms with Gasteiger partial charge < -0.3 is 15.0 Å². The number of halogens is 2. The van der Waals surface area contributed by atoms with Crippen LogP contribution in [0.5, 0.6) is 0 Å². The molecule has 18 heavy (non-hydrogen) atoms. The average molecular weight is 290 g/mol. The average Bonchev–Trinajstić information content (AvgIpc) is 2.81. The van der Waals surface area contributed by atoms with Gasteiger partial charge >= 0.3 is 0 Å². The summed E-state index contributed by atoms with van der Waals surface area (Å²) in [6.45, 7) is 1.64. The Bertz CT molecular complexity index is 422. The first-order valence-electron chi connectivity index (χ1n) is 5.98. The first-order chi connectivity index (χ1) is 8.61. The second-order valence-electron chi connectivity index (χ2n) is 4.39. The number of rotatable bonds is 4. The SMILES string of the molecule is CNc1nc(N(C)CC2CCCO2)c(Cl)cc1Cl. The van der Waals surface area contributed by atoms with Gasteiger partial charge in [-0.2, -0.15) is 0 Å². The van der Waals surface area contributed by atoms with Crippen LogP contribution in [0.25, 0.3) is 0 Å². The van der Waals surface area contributed by atoms with Gasteiger partial charge in [0.2, 0.25) is 0 Å². The molecular weight excluding hydrogens is 273 g/mol. The Morgan fingerprint density at radius 1 is 1.50 bits per heavy atom. The number of likely N-dealkylation sites (N-methyl/N-ethyl adjacent to an activating group) is 1. The molecule has 1 aromatic rings. The predicted octanol–water partition coefficient (Wildman–Crippen LogP) is 3.05. The maximum Gasteiger partial charge on any atom is 0.149 e. The van der Waals surface area contributed by atoms with Crippen molar-refractivity contribution in [3.63, 3.8) is 0 Å². The van der Waals surface area contributed by atoms with Crippen LogP contribution >= 0.6 is 23.2 Å². The van der Waals surface area contributed by atoms with Gasteiger partial charge in [-0.25, -0.2) is 4.98 Å².